The van der Waals surface area contributed by atoms with Crippen LogP contribution in [0.15, 0.2) is 54.6 Å². The van der Waals surface area contributed by atoms with E-state index in [1.807, 2.05) is 54.6 Å². The SMILES string of the molecule is CNC(=O)[C@H](CC(C)C)NCc1ccc(OCc2ccccc2)cc1.Cl. The molecule has 0 fully saturated rings. The van der Waals surface area contributed by atoms with Crippen molar-refractivity contribution < 1.29 is 9.53 Å². The molecule has 0 aliphatic rings. The Morgan fingerprint density at radius 1 is 1.00 bits per heavy atom. The Hall–Kier alpha value is -2.04. The quantitative estimate of drug-likeness (QED) is 0.697. The molecule has 2 N–H and O–H groups in total. The fourth-order valence-corrected chi connectivity index (χ4v) is 2.61. The molecule has 0 saturated heterocycles. The van der Waals surface area contributed by atoms with Crippen molar-refractivity contribution in [2.24, 2.45) is 5.92 Å². The second kappa shape index (κ2) is 11.6. The number of carbonyl (C=O) groups is 1. The van der Waals surface area contributed by atoms with Crippen LogP contribution in [0.1, 0.15) is 31.4 Å². The zero-order valence-electron chi connectivity index (χ0n) is 15.7. The molecule has 0 aliphatic heterocycles. The van der Waals surface area contributed by atoms with Crippen LogP contribution >= 0.6 is 12.4 Å². The highest BCUT2D eigenvalue weighted by Gasteiger charge is 2.17. The van der Waals surface area contributed by atoms with Gasteiger partial charge in [-0.3, -0.25) is 4.79 Å². The third-order valence-corrected chi connectivity index (χ3v) is 3.99. The molecule has 5 heteroatoms. The Morgan fingerprint density at radius 2 is 1.65 bits per heavy atom. The third kappa shape index (κ3) is 7.46. The normalized spacial score (nSPS) is 11.5. The van der Waals surface area contributed by atoms with Crippen LogP contribution in [-0.2, 0) is 17.9 Å². The van der Waals surface area contributed by atoms with E-state index >= 15 is 0 Å². The van der Waals surface area contributed by atoms with Crippen molar-refractivity contribution in [3.05, 3.63) is 65.7 Å². The van der Waals surface area contributed by atoms with Gasteiger partial charge in [-0.1, -0.05) is 56.3 Å². The molecule has 142 valence electrons. The van der Waals surface area contributed by atoms with Gasteiger partial charge in [0.15, 0.2) is 0 Å². The Balaban J connectivity index is 0.00000338. The largest absolute Gasteiger partial charge is 0.489 e. The summed E-state index contributed by atoms with van der Waals surface area (Å²) in [4.78, 5) is 11.9. The van der Waals surface area contributed by atoms with Gasteiger partial charge >= 0.3 is 0 Å². The monoisotopic (exact) mass is 376 g/mol. The van der Waals surface area contributed by atoms with Gasteiger partial charge in [0.2, 0.25) is 5.91 Å². The first kappa shape index (κ1) is 22.0. The van der Waals surface area contributed by atoms with E-state index in [-0.39, 0.29) is 24.4 Å². The smallest absolute Gasteiger partial charge is 0.236 e. The van der Waals surface area contributed by atoms with E-state index in [9.17, 15) is 4.79 Å². The molecule has 26 heavy (non-hydrogen) atoms. The molecule has 1 amide bonds. The van der Waals surface area contributed by atoms with Crippen molar-refractivity contribution >= 4 is 18.3 Å². The highest BCUT2D eigenvalue weighted by molar-refractivity contribution is 5.85. The number of hydrogen-bond acceptors (Lipinski definition) is 3. The topological polar surface area (TPSA) is 50.4 Å². The van der Waals surface area contributed by atoms with E-state index in [0.717, 1.165) is 23.3 Å². The lowest BCUT2D eigenvalue weighted by Crippen LogP contribution is -2.43. The molecule has 0 bridgehead atoms. The minimum atomic E-state index is -0.168. The lowest BCUT2D eigenvalue weighted by atomic mass is 10.0. The van der Waals surface area contributed by atoms with Crippen LogP contribution in [-0.4, -0.2) is 19.0 Å². The van der Waals surface area contributed by atoms with Crippen LogP contribution in [0, 0.1) is 5.92 Å². The van der Waals surface area contributed by atoms with E-state index in [1.54, 1.807) is 7.05 Å². The van der Waals surface area contributed by atoms with Gasteiger partial charge in [-0.25, -0.2) is 0 Å². The molecule has 2 rings (SSSR count). The fraction of sp³-hybridized carbons (Fsp3) is 0.381. The van der Waals surface area contributed by atoms with Gasteiger partial charge in [-0.15, -0.1) is 12.4 Å². The number of carbonyl (C=O) groups excluding carboxylic acids is 1. The number of nitrogens with one attached hydrogen (secondary N) is 2. The summed E-state index contributed by atoms with van der Waals surface area (Å²) in [5, 5.41) is 6.07. The maximum Gasteiger partial charge on any atom is 0.236 e. The number of hydrogen-bond donors (Lipinski definition) is 2. The van der Waals surface area contributed by atoms with Crippen molar-refractivity contribution in [3.63, 3.8) is 0 Å². The third-order valence-electron chi connectivity index (χ3n) is 3.99. The lowest BCUT2D eigenvalue weighted by Gasteiger charge is -2.19. The maximum absolute atomic E-state index is 11.9. The molecule has 4 nitrogen and oxygen atoms in total. The van der Waals surface area contributed by atoms with Crippen LogP contribution in [0.5, 0.6) is 5.75 Å². The van der Waals surface area contributed by atoms with Gasteiger partial charge in [0.05, 0.1) is 6.04 Å². The Labute approximate surface area is 162 Å². The summed E-state index contributed by atoms with van der Waals surface area (Å²) in [6.07, 6.45) is 0.817. The zero-order chi connectivity index (χ0) is 18.1. The standard InChI is InChI=1S/C21H28N2O2.ClH/c1-16(2)13-20(21(24)22-3)23-14-17-9-11-19(12-10-17)25-15-18-7-5-4-6-8-18;/h4-12,16,20,23H,13-15H2,1-3H3,(H,22,24);1H/t20-;/m0./s1. The molecule has 2 aromatic carbocycles. The van der Waals surface area contributed by atoms with Crippen molar-refractivity contribution in [2.75, 3.05) is 7.05 Å². The molecule has 0 heterocycles. The van der Waals surface area contributed by atoms with Crippen molar-refractivity contribution in [1.29, 1.82) is 0 Å². The molecule has 2 aromatic rings. The van der Waals surface area contributed by atoms with Crippen LogP contribution in [0.2, 0.25) is 0 Å². The number of likely N-dealkylation sites (N-methyl/N-ethyl adjacent to an activating group) is 1. The summed E-state index contributed by atoms with van der Waals surface area (Å²) in [7, 11) is 1.68. The summed E-state index contributed by atoms with van der Waals surface area (Å²) in [5.41, 5.74) is 2.28. The number of halogens is 1. The van der Waals surface area contributed by atoms with E-state index in [1.165, 1.54) is 0 Å². The summed E-state index contributed by atoms with van der Waals surface area (Å²) in [5.74, 6) is 1.35. The molecular formula is C21H29ClN2O2. The Bertz CT molecular complexity index is 645. The zero-order valence-corrected chi connectivity index (χ0v) is 16.5. The molecule has 0 radical (unpaired) electrons. The average Bonchev–Trinajstić information content (AvgIpc) is 2.64. The van der Waals surface area contributed by atoms with Gasteiger partial charge in [0, 0.05) is 13.6 Å². The van der Waals surface area contributed by atoms with Gasteiger partial charge in [0.25, 0.3) is 0 Å². The van der Waals surface area contributed by atoms with Crippen molar-refractivity contribution in [2.45, 2.75) is 39.5 Å². The maximum atomic E-state index is 11.9. The predicted molar refractivity (Wildman–Crippen MR) is 109 cm³/mol. The fourth-order valence-electron chi connectivity index (χ4n) is 2.61. The molecule has 0 aromatic heterocycles. The van der Waals surface area contributed by atoms with Crippen molar-refractivity contribution in [3.8, 4) is 5.75 Å². The van der Waals surface area contributed by atoms with Crippen LogP contribution in [0.25, 0.3) is 0 Å². The summed E-state index contributed by atoms with van der Waals surface area (Å²) in [6.45, 7) is 5.46. The molecular weight excluding hydrogens is 348 g/mol. The highest BCUT2D eigenvalue weighted by atomic mass is 35.5. The van der Waals surface area contributed by atoms with Crippen LogP contribution in [0.4, 0.5) is 0 Å². The first-order chi connectivity index (χ1) is 12.1. The van der Waals surface area contributed by atoms with E-state index in [2.05, 4.69) is 24.5 Å². The minimum Gasteiger partial charge on any atom is -0.489 e. The Kier molecular flexibility index (Phi) is 9.78. The average molecular weight is 377 g/mol. The van der Waals surface area contributed by atoms with Gasteiger partial charge in [0.1, 0.15) is 12.4 Å². The van der Waals surface area contributed by atoms with Crippen molar-refractivity contribution in [1.82, 2.24) is 10.6 Å². The first-order valence-electron chi connectivity index (χ1n) is 8.79. The van der Waals surface area contributed by atoms with Gasteiger partial charge < -0.3 is 15.4 Å². The predicted octanol–water partition coefficient (Wildman–Crippen LogP) is 3.94. The van der Waals surface area contributed by atoms with E-state index < -0.39 is 0 Å². The summed E-state index contributed by atoms with van der Waals surface area (Å²) < 4.78 is 5.80. The van der Waals surface area contributed by atoms with Gasteiger partial charge in [-0.05, 0) is 35.6 Å². The molecule has 0 unspecified atom stereocenters. The molecule has 0 saturated carbocycles. The van der Waals surface area contributed by atoms with Crippen LogP contribution in [0.3, 0.4) is 0 Å². The number of benzene rings is 2. The minimum absolute atomic E-state index is 0. The molecule has 1 atom stereocenters. The second-order valence-electron chi connectivity index (χ2n) is 6.60. The number of amides is 1. The summed E-state index contributed by atoms with van der Waals surface area (Å²) in [6, 6.07) is 17.9. The lowest BCUT2D eigenvalue weighted by molar-refractivity contribution is -0.123. The van der Waals surface area contributed by atoms with E-state index in [4.69, 9.17) is 4.74 Å². The highest BCUT2D eigenvalue weighted by Crippen LogP contribution is 2.15. The molecule has 0 aliphatic carbocycles. The second-order valence-corrected chi connectivity index (χ2v) is 6.60. The van der Waals surface area contributed by atoms with Crippen LogP contribution < -0.4 is 15.4 Å². The van der Waals surface area contributed by atoms with Gasteiger partial charge in [-0.2, -0.15) is 0 Å². The number of ether oxygens (including phenoxy) is 1. The molecule has 0 spiro atoms. The first-order valence-corrected chi connectivity index (χ1v) is 8.79. The van der Waals surface area contributed by atoms with E-state index in [0.29, 0.717) is 19.1 Å². The number of rotatable bonds is 9. The summed E-state index contributed by atoms with van der Waals surface area (Å²) >= 11 is 0. The Morgan fingerprint density at radius 3 is 2.23 bits per heavy atom.